The van der Waals surface area contributed by atoms with E-state index in [4.69, 9.17) is 9.66 Å². The Balaban J connectivity index is 0.00000121. The average molecular weight is 197 g/mol. The van der Waals surface area contributed by atoms with E-state index in [0.717, 1.165) is 6.07 Å². The normalized spacial score (nSPS) is 10.4. The van der Waals surface area contributed by atoms with E-state index in [9.17, 15) is 8.42 Å². The molecule has 0 aliphatic heterocycles. The van der Waals surface area contributed by atoms with E-state index in [1.54, 1.807) is 0 Å². The molecular formula is C6H6NaO4S. The minimum atomic E-state index is -4.19. The van der Waals surface area contributed by atoms with Crippen molar-refractivity contribution in [1.29, 1.82) is 0 Å². The van der Waals surface area contributed by atoms with Gasteiger partial charge in [0.05, 0.1) is 4.90 Å². The Morgan fingerprint density at radius 3 is 2.17 bits per heavy atom. The maximum atomic E-state index is 10.4. The maximum absolute atomic E-state index is 10.4. The Hall–Kier alpha value is -0.0700. The van der Waals surface area contributed by atoms with Crippen molar-refractivity contribution in [2.45, 2.75) is 4.90 Å². The van der Waals surface area contributed by atoms with Crippen LogP contribution >= 0.6 is 0 Å². The van der Waals surface area contributed by atoms with Crippen LogP contribution in [0.4, 0.5) is 0 Å². The molecule has 0 fully saturated rings. The molecule has 0 heterocycles. The van der Waals surface area contributed by atoms with Gasteiger partial charge in [-0.3, -0.25) is 4.55 Å². The van der Waals surface area contributed by atoms with Crippen LogP contribution in [0.1, 0.15) is 0 Å². The van der Waals surface area contributed by atoms with Crippen molar-refractivity contribution in [3.8, 4) is 5.75 Å². The third kappa shape index (κ3) is 3.12. The number of phenolic OH excluding ortho intramolecular Hbond substituents is 1. The largest absolute Gasteiger partial charge is 0.508 e. The fourth-order valence-electron chi connectivity index (χ4n) is 0.644. The zero-order valence-electron chi connectivity index (χ0n) is 6.43. The quantitative estimate of drug-likeness (QED) is 0.500. The summed E-state index contributed by atoms with van der Waals surface area (Å²) in [5, 5.41) is 8.80. The molecule has 0 aromatic heterocycles. The van der Waals surface area contributed by atoms with Crippen LogP contribution in [0.15, 0.2) is 29.2 Å². The van der Waals surface area contributed by atoms with Gasteiger partial charge < -0.3 is 5.11 Å². The summed E-state index contributed by atoms with van der Waals surface area (Å²) >= 11 is 0. The van der Waals surface area contributed by atoms with Crippen molar-refractivity contribution in [2.75, 3.05) is 0 Å². The maximum Gasteiger partial charge on any atom is 0.294 e. The molecule has 1 aromatic carbocycles. The van der Waals surface area contributed by atoms with Gasteiger partial charge in [0.25, 0.3) is 10.1 Å². The molecule has 1 rings (SSSR count). The SMILES string of the molecule is O=S(=O)(O)c1cccc(O)c1.[Na]. The van der Waals surface area contributed by atoms with Gasteiger partial charge >= 0.3 is 0 Å². The Morgan fingerprint density at radius 2 is 1.83 bits per heavy atom. The van der Waals surface area contributed by atoms with Crippen LogP contribution in [0.3, 0.4) is 0 Å². The molecule has 4 nitrogen and oxygen atoms in total. The fraction of sp³-hybridized carbons (Fsp3) is 0. The molecule has 0 bridgehead atoms. The Labute approximate surface area is 92.3 Å². The second-order valence-corrected chi connectivity index (χ2v) is 3.39. The molecule has 0 atom stereocenters. The van der Waals surface area contributed by atoms with E-state index in [0.29, 0.717) is 0 Å². The van der Waals surface area contributed by atoms with Gasteiger partial charge in [-0.25, -0.2) is 0 Å². The summed E-state index contributed by atoms with van der Waals surface area (Å²) in [6.45, 7) is 0. The van der Waals surface area contributed by atoms with Crippen LogP contribution in [0.25, 0.3) is 0 Å². The van der Waals surface area contributed by atoms with Gasteiger partial charge in [-0.15, -0.1) is 0 Å². The van der Waals surface area contributed by atoms with Gasteiger partial charge in [-0.1, -0.05) is 6.07 Å². The van der Waals surface area contributed by atoms with Crippen molar-refractivity contribution >= 4 is 39.7 Å². The fourth-order valence-corrected chi connectivity index (χ4v) is 1.16. The average Bonchev–Trinajstić information content (AvgIpc) is 1.86. The molecule has 0 aliphatic rings. The Morgan fingerprint density at radius 1 is 1.25 bits per heavy atom. The molecule has 0 unspecified atom stereocenters. The molecule has 1 radical (unpaired) electrons. The Kier molecular flexibility index (Phi) is 4.22. The number of benzene rings is 1. The molecular weight excluding hydrogens is 191 g/mol. The summed E-state index contributed by atoms with van der Waals surface area (Å²) in [6, 6.07) is 4.80. The first-order chi connectivity index (χ1) is 5.00. The van der Waals surface area contributed by atoms with Crippen molar-refractivity contribution in [3.63, 3.8) is 0 Å². The number of hydrogen-bond donors (Lipinski definition) is 2. The summed E-state index contributed by atoms with van der Waals surface area (Å²) < 4.78 is 29.3. The predicted molar refractivity (Wildman–Crippen MR) is 43.7 cm³/mol. The predicted octanol–water partition coefficient (Wildman–Crippen LogP) is 0.258. The van der Waals surface area contributed by atoms with E-state index in [2.05, 4.69) is 0 Å². The van der Waals surface area contributed by atoms with Gasteiger partial charge in [-0.2, -0.15) is 8.42 Å². The van der Waals surface area contributed by atoms with Crippen LogP contribution in [-0.2, 0) is 10.1 Å². The first-order valence-corrected chi connectivity index (χ1v) is 4.21. The third-order valence-corrected chi connectivity index (χ3v) is 1.97. The summed E-state index contributed by atoms with van der Waals surface area (Å²) in [6.07, 6.45) is 0. The third-order valence-electron chi connectivity index (χ3n) is 1.12. The van der Waals surface area contributed by atoms with E-state index in [1.807, 2.05) is 0 Å². The molecule has 0 aliphatic carbocycles. The molecule has 0 spiro atoms. The number of aromatic hydroxyl groups is 1. The smallest absolute Gasteiger partial charge is 0.294 e. The standard InChI is InChI=1S/C6H6O4S.Na/c7-5-2-1-3-6(4-5)11(8,9)10;/h1-4,7H,(H,8,9,10);. The van der Waals surface area contributed by atoms with E-state index < -0.39 is 10.1 Å². The summed E-state index contributed by atoms with van der Waals surface area (Å²) in [7, 11) is -4.19. The van der Waals surface area contributed by atoms with Gasteiger partial charge in [0.2, 0.25) is 0 Å². The zero-order chi connectivity index (χ0) is 8.48. The number of rotatable bonds is 1. The molecule has 2 N–H and O–H groups in total. The van der Waals surface area contributed by atoms with E-state index in [1.165, 1.54) is 18.2 Å². The Bertz CT molecular complexity index is 360. The van der Waals surface area contributed by atoms with Gasteiger partial charge in [-0.05, 0) is 12.1 Å². The van der Waals surface area contributed by atoms with Crippen molar-refractivity contribution in [1.82, 2.24) is 0 Å². The number of phenols is 1. The van der Waals surface area contributed by atoms with Crippen molar-refractivity contribution in [2.24, 2.45) is 0 Å². The molecule has 61 valence electrons. The van der Waals surface area contributed by atoms with E-state index >= 15 is 0 Å². The van der Waals surface area contributed by atoms with Crippen LogP contribution < -0.4 is 0 Å². The van der Waals surface area contributed by atoms with Gasteiger partial charge in [0.15, 0.2) is 0 Å². The molecule has 12 heavy (non-hydrogen) atoms. The molecule has 0 amide bonds. The topological polar surface area (TPSA) is 74.6 Å². The molecule has 0 saturated heterocycles. The van der Waals surface area contributed by atoms with Crippen molar-refractivity contribution in [3.05, 3.63) is 24.3 Å². The van der Waals surface area contributed by atoms with Crippen LogP contribution in [0, 0.1) is 0 Å². The number of hydrogen-bond acceptors (Lipinski definition) is 3. The molecule has 6 heteroatoms. The summed E-state index contributed by atoms with van der Waals surface area (Å²) in [5.74, 6) is -0.194. The minimum Gasteiger partial charge on any atom is -0.508 e. The summed E-state index contributed by atoms with van der Waals surface area (Å²) in [5.41, 5.74) is 0. The second kappa shape index (κ2) is 4.25. The van der Waals surface area contributed by atoms with Crippen LogP contribution in [0.5, 0.6) is 5.75 Å². The molecule has 1 aromatic rings. The van der Waals surface area contributed by atoms with Crippen LogP contribution in [0.2, 0.25) is 0 Å². The zero-order valence-corrected chi connectivity index (χ0v) is 9.25. The monoisotopic (exact) mass is 197 g/mol. The summed E-state index contributed by atoms with van der Waals surface area (Å²) in [4.78, 5) is -0.308. The van der Waals surface area contributed by atoms with Crippen LogP contribution in [-0.4, -0.2) is 47.6 Å². The van der Waals surface area contributed by atoms with Crippen molar-refractivity contribution < 1.29 is 18.1 Å². The second-order valence-electron chi connectivity index (χ2n) is 1.97. The first kappa shape index (κ1) is 11.9. The minimum absolute atomic E-state index is 0. The van der Waals surface area contributed by atoms with E-state index in [-0.39, 0.29) is 40.2 Å². The van der Waals surface area contributed by atoms with Gasteiger partial charge in [0.1, 0.15) is 5.75 Å². The van der Waals surface area contributed by atoms with Gasteiger partial charge in [0, 0.05) is 35.6 Å². The first-order valence-electron chi connectivity index (χ1n) is 2.77. The molecule has 0 saturated carbocycles.